The van der Waals surface area contributed by atoms with Gasteiger partial charge in [0.2, 0.25) is 15.9 Å². The van der Waals surface area contributed by atoms with Crippen LogP contribution in [-0.2, 0) is 31.5 Å². The molecule has 2 aliphatic heterocycles. The maximum absolute atomic E-state index is 14.9. The Kier molecular flexibility index (Phi) is 7.66. The number of sulfonamides is 1. The van der Waals surface area contributed by atoms with Crippen molar-refractivity contribution in [3.63, 3.8) is 0 Å². The standard InChI is InChI=1S/C27H28F3N5O5S/c1-27(2)14-35(41(38,39)18-11-16(28)10-17(29)12-18)13-19-23(27)33-34-24(19)32-26(37)22-20(30)4-3-5-21(22)31-25(36)15-6-8-40-9-7-15/h3-5,10-12,15H,6-9,13-14H2,1-2H3,(H,31,36)(H2,32,33,34,37). The van der Waals surface area contributed by atoms with Crippen LogP contribution in [0.25, 0.3) is 0 Å². The van der Waals surface area contributed by atoms with E-state index in [-0.39, 0.29) is 36.4 Å². The molecule has 2 aliphatic rings. The average Bonchev–Trinajstić information content (AvgIpc) is 3.32. The second-order valence-electron chi connectivity index (χ2n) is 10.7. The number of aromatic nitrogens is 2. The second-order valence-corrected chi connectivity index (χ2v) is 12.6. The number of aromatic amines is 1. The first-order valence-electron chi connectivity index (χ1n) is 12.9. The molecular weight excluding hydrogens is 563 g/mol. The number of nitrogens with zero attached hydrogens (tertiary/aromatic N) is 2. The predicted molar refractivity (Wildman–Crippen MR) is 142 cm³/mol. The molecule has 3 aromatic rings. The number of ether oxygens (including phenoxy) is 1. The first-order chi connectivity index (χ1) is 19.4. The van der Waals surface area contributed by atoms with Crippen molar-refractivity contribution in [1.29, 1.82) is 0 Å². The number of H-pyrrole nitrogens is 1. The predicted octanol–water partition coefficient (Wildman–Crippen LogP) is 3.93. The van der Waals surface area contributed by atoms with E-state index in [2.05, 4.69) is 20.8 Å². The van der Waals surface area contributed by atoms with Crippen molar-refractivity contribution < 1.29 is 35.9 Å². The van der Waals surface area contributed by atoms with Gasteiger partial charge in [0.15, 0.2) is 5.82 Å². The minimum Gasteiger partial charge on any atom is -0.381 e. The third-order valence-corrected chi connectivity index (χ3v) is 9.02. The number of carbonyl (C=O) groups excluding carboxylic acids is 2. The molecule has 1 saturated heterocycles. The Labute approximate surface area is 234 Å². The molecule has 0 unspecified atom stereocenters. The Balaban J connectivity index is 1.43. The van der Waals surface area contributed by atoms with E-state index in [1.165, 1.54) is 12.1 Å². The molecule has 0 atom stereocenters. The first-order valence-corrected chi connectivity index (χ1v) is 14.3. The van der Waals surface area contributed by atoms with E-state index >= 15 is 0 Å². The molecule has 0 saturated carbocycles. The molecule has 0 aliphatic carbocycles. The topological polar surface area (TPSA) is 133 Å². The lowest BCUT2D eigenvalue weighted by Gasteiger charge is -2.36. The number of hydrogen-bond acceptors (Lipinski definition) is 6. The van der Waals surface area contributed by atoms with Crippen molar-refractivity contribution in [3.05, 3.63) is 70.7 Å². The van der Waals surface area contributed by atoms with Gasteiger partial charge in [-0.25, -0.2) is 21.6 Å². The summed E-state index contributed by atoms with van der Waals surface area (Å²) in [7, 11) is -4.35. The highest BCUT2D eigenvalue weighted by molar-refractivity contribution is 7.89. The molecule has 0 bridgehead atoms. The molecule has 5 rings (SSSR count). The van der Waals surface area contributed by atoms with Gasteiger partial charge < -0.3 is 15.4 Å². The number of benzene rings is 2. The van der Waals surface area contributed by atoms with Crippen LogP contribution in [0.15, 0.2) is 41.3 Å². The van der Waals surface area contributed by atoms with Gasteiger partial charge in [-0.1, -0.05) is 19.9 Å². The Morgan fingerprint density at radius 2 is 1.76 bits per heavy atom. The van der Waals surface area contributed by atoms with E-state index in [9.17, 15) is 31.2 Å². The van der Waals surface area contributed by atoms with Crippen LogP contribution in [0.4, 0.5) is 24.7 Å². The summed E-state index contributed by atoms with van der Waals surface area (Å²) in [5.74, 6) is -4.63. The summed E-state index contributed by atoms with van der Waals surface area (Å²) in [5.41, 5.74) is -0.450. The third kappa shape index (κ3) is 5.72. The second kappa shape index (κ2) is 10.9. The Morgan fingerprint density at radius 1 is 1.07 bits per heavy atom. The molecule has 1 aromatic heterocycles. The molecule has 3 heterocycles. The summed E-state index contributed by atoms with van der Waals surface area (Å²) in [6, 6.07) is 5.88. The zero-order valence-corrected chi connectivity index (χ0v) is 23.1. The monoisotopic (exact) mass is 591 g/mol. The molecule has 10 nitrogen and oxygen atoms in total. The number of rotatable bonds is 6. The highest BCUT2D eigenvalue weighted by Gasteiger charge is 2.41. The Hall–Kier alpha value is -3.75. The number of anilines is 2. The minimum atomic E-state index is -4.35. The van der Waals surface area contributed by atoms with Gasteiger partial charge in [-0.2, -0.15) is 9.40 Å². The van der Waals surface area contributed by atoms with Gasteiger partial charge in [-0.15, -0.1) is 0 Å². The zero-order chi connectivity index (χ0) is 29.5. The fraction of sp³-hybridized carbons (Fsp3) is 0.370. The number of nitrogens with one attached hydrogen (secondary N) is 3. The van der Waals surface area contributed by atoms with Crippen LogP contribution in [0.2, 0.25) is 0 Å². The molecule has 0 radical (unpaired) electrons. The summed E-state index contributed by atoms with van der Waals surface area (Å²) in [6.45, 7) is 4.00. The SMILES string of the molecule is CC1(C)CN(S(=O)(=O)c2cc(F)cc(F)c2)Cc2c(NC(=O)c3c(F)cccc3NC(=O)C3CCOCC3)n[nH]c21. The lowest BCUT2D eigenvalue weighted by atomic mass is 9.84. The van der Waals surface area contributed by atoms with Crippen molar-refractivity contribution in [2.24, 2.45) is 5.92 Å². The number of carbonyl (C=O) groups is 2. The minimum absolute atomic E-state index is 0.0268. The smallest absolute Gasteiger partial charge is 0.261 e. The molecule has 41 heavy (non-hydrogen) atoms. The number of hydrogen-bond donors (Lipinski definition) is 3. The lowest BCUT2D eigenvalue weighted by molar-refractivity contribution is -0.122. The molecule has 2 aromatic carbocycles. The fourth-order valence-corrected chi connectivity index (χ4v) is 6.77. The Morgan fingerprint density at radius 3 is 2.44 bits per heavy atom. The van der Waals surface area contributed by atoms with Gasteiger partial charge in [-0.05, 0) is 37.1 Å². The van der Waals surface area contributed by atoms with E-state index < -0.39 is 49.3 Å². The molecule has 218 valence electrons. The largest absolute Gasteiger partial charge is 0.381 e. The fourth-order valence-electron chi connectivity index (χ4n) is 5.15. The van der Waals surface area contributed by atoms with Crippen LogP contribution in [0, 0.1) is 23.4 Å². The van der Waals surface area contributed by atoms with E-state index in [1.807, 2.05) is 0 Å². The molecule has 2 amide bonds. The van der Waals surface area contributed by atoms with Crippen LogP contribution in [0.1, 0.15) is 48.3 Å². The molecule has 3 N–H and O–H groups in total. The maximum Gasteiger partial charge on any atom is 0.261 e. The molecule has 1 fully saturated rings. The summed E-state index contributed by atoms with van der Waals surface area (Å²) >= 11 is 0. The van der Waals surface area contributed by atoms with E-state index in [1.54, 1.807) is 13.8 Å². The third-order valence-electron chi connectivity index (χ3n) is 7.25. The van der Waals surface area contributed by atoms with E-state index in [0.717, 1.165) is 22.5 Å². The number of fused-ring (bicyclic) bond motifs is 1. The summed E-state index contributed by atoms with van der Waals surface area (Å²) in [6.07, 6.45) is 0.999. The quantitative estimate of drug-likeness (QED) is 0.398. The summed E-state index contributed by atoms with van der Waals surface area (Å²) in [5, 5.41) is 12.1. The highest BCUT2D eigenvalue weighted by atomic mass is 32.2. The van der Waals surface area contributed by atoms with E-state index in [0.29, 0.717) is 43.4 Å². The van der Waals surface area contributed by atoms with Gasteiger partial charge >= 0.3 is 0 Å². The van der Waals surface area contributed by atoms with Gasteiger partial charge in [-0.3, -0.25) is 14.7 Å². The number of amides is 2. The number of halogens is 3. The molecule has 0 spiro atoms. The van der Waals surface area contributed by atoms with Gasteiger partial charge in [0.05, 0.1) is 16.1 Å². The van der Waals surface area contributed by atoms with Crippen LogP contribution in [0.3, 0.4) is 0 Å². The van der Waals surface area contributed by atoms with Crippen LogP contribution < -0.4 is 10.6 Å². The summed E-state index contributed by atoms with van der Waals surface area (Å²) in [4.78, 5) is 25.6. The zero-order valence-electron chi connectivity index (χ0n) is 22.3. The first kappa shape index (κ1) is 28.8. The van der Waals surface area contributed by atoms with Gasteiger partial charge in [0, 0.05) is 55.0 Å². The van der Waals surface area contributed by atoms with E-state index in [4.69, 9.17) is 4.74 Å². The summed E-state index contributed by atoms with van der Waals surface area (Å²) < 4.78 is 75.7. The highest BCUT2D eigenvalue weighted by Crippen LogP contribution is 2.38. The van der Waals surface area contributed by atoms with Crippen molar-refractivity contribution in [2.75, 3.05) is 30.4 Å². The van der Waals surface area contributed by atoms with Crippen molar-refractivity contribution in [3.8, 4) is 0 Å². The van der Waals surface area contributed by atoms with Gasteiger partial charge in [0.1, 0.15) is 17.5 Å². The van der Waals surface area contributed by atoms with Crippen molar-refractivity contribution >= 4 is 33.3 Å². The lowest BCUT2D eigenvalue weighted by Crippen LogP contribution is -2.45. The van der Waals surface area contributed by atoms with Crippen molar-refractivity contribution in [2.45, 2.75) is 43.5 Å². The van der Waals surface area contributed by atoms with Gasteiger partial charge in [0.25, 0.3) is 5.91 Å². The molecular formula is C27H28F3N5O5S. The van der Waals surface area contributed by atoms with Crippen molar-refractivity contribution in [1.82, 2.24) is 14.5 Å². The Bertz CT molecular complexity index is 1600. The van der Waals surface area contributed by atoms with Crippen LogP contribution in [-0.4, -0.2) is 54.5 Å². The normalized spacial score (nSPS) is 17.6. The van der Waals surface area contributed by atoms with Crippen LogP contribution in [0.5, 0.6) is 0 Å². The maximum atomic E-state index is 14.9. The average molecular weight is 592 g/mol. The van der Waals surface area contributed by atoms with Crippen LogP contribution >= 0.6 is 0 Å². The molecule has 14 heteroatoms.